The Bertz CT molecular complexity index is 585. The molecule has 0 saturated carbocycles. The van der Waals surface area contributed by atoms with Crippen molar-refractivity contribution in [1.29, 1.82) is 0 Å². The highest BCUT2D eigenvalue weighted by Gasteiger charge is 2.12. The summed E-state index contributed by atoms with van der Waals surface area (Å²) in [5.41, 5.74) is 0.716. The van der Waals surface area contributed by atoms with Gasteiger partial charge in [0.05, 0.1) is 12.0 Å². The van der Waals surface area contributed by atoms with Gasteiger partial charge in [0.25, 0.3) is 0 Å². The summed E-state index contributed by atoms with van der Waals surface area (Å²) >= 11 is 9.18. The Morgan fingerprint density at radius 3 is 2.89 bits per heavy atom. The Kier molecular flexibility index (Phi) is 3.98. The molecule has 0 saturated heterocycles. The summed E-state index contributed by atoms with van der Waals surface area (Å²) < 4.78 is 6.12. The Labute approximate surface area is 116 Å². The monoisotopic (exact) mass is 330 g/mol. The molecule has 0 aliphatic heterocycles. The minimum Gasteiger partial charge on any atom is -0.481 e. The Hall–Kier alpha value is -1.40. The highest BCUT2D eigenvalue weighted by Crippen LogP contribution is 2.29. The van der Waals surface area contributed by atoms with E-state index < -0.39 is 5.97 Å². The van der Waals surface area contributed by atoms with Gasteiger partial charge in [-0.15, -0.1) is 10.2 Å². The van der Waals surface area contributed by atoms with Gasteiger partial charge < -0.3 is 9.52 Å². The van der Waals surface area contributed by atoms with E-state index in [2.05, 4.69) is 26.1 Å². The lowest BCUT2D eigenvalue weighted by molar-refractivity contribution is -0.137. The first kappa shape index (κ1) is 13.0. The second kappa shape index (κ2) is 5.49. The van der Waals surface area contributed by atoms with E-state index in [1.165, 1.54) is 0 Å². The summed E-state index contributed by atoms with van der Waals surface area (Å²) in [4.78, 5) is 10.4. The van der Waals surface area contributed by atoms with E-state index in [-0.39, 0.29) is 12.8 Å². The molecule has 0 amide bonds. The predicted molar refractivity (Wildman–Crippen MR) is 68.4 cm³/mol. The fourth-order valence-corrected chi connectivity index (χ4v) is 2.19. The van der Waals surface area contributed by atoms with Crippen LogP contribution in [0.4, 0.5) is 0 Å². The summed E-state index contributed by atoms with van der Waals surface area (Å²) in [6.45, 7) is 0. The molecule has 1 heterocycles. The quantitative estimate of drug-likeness (QED) is 0.931. The zero-order valence-corrected chi connectivity index (χ0v) is 11.4. The molecule has 0 aliphatic carbocycles. The fraction of sp³-hybridized carbons (Fsp3) is 0.182. The van der Waals surface area contributed by atoms with Crippen molar-refractivity contribution in [3.63, 3.8) is 0 Å². The van der Waals surface area contributed by atoms with Crippen LogP contribution in [-0.2, 0) is 11.2 Å². The number of nitrogens with zero attached hydrogens (tertiary/aromatic N) is 2. The van der Waals surface area contributed by atoms with Crippen LogP contribution >= 0.6 is 27.5 Å². The molecule has 0 unspecified atom stereocenters. The van der Waals surface area contributed by atoms with Crippen molar-refractivity contribution in [3.8, 4) is 11.5 Å². The third-order valence-corrected chi connectivity index (χ3v) is 3.07. The van der Waals surface area contributed by atoms with Crippen molar-refractivity contribution in [2.24, 2.45) is 0 Å². The maximum Gasteiger partial charge on any atom is 0.303 e. The number of rotatable bonds is 4. The van der Waals surface area contributed by atoms with Crippen LogP contribution in [-0.4, -0.2) is 21.3 Å². The van der Waals surface area contributed by atoms with Crippen molar-refractivity contribution < 1.29 is 14.3 Å². The molecule has 0 spiro atoms. The number of benzene rings is 1. The van der Waals surface area contributed by atoms with Crippen molar-refractivity contribution >= 4 is 33.5 Å². The number of hydrogen-bond donors (Lipinski definition) is 1. The number of carboxylic acids is 1. The number of aromatic nitrogens is 2. The van der Waals surface area contributed by atoms with E-state index in [1.54, 1.807) is 18.2 Å². The topological polar surface area (TPSA) is 76.2 Å². The van der Waals surface area contributed by atoms with Gasteiger partial charge in [-0.1, -0.05) is 11.6 Å². The number of halogens is 2. The van der Waals surface area contributed by atoms with E-state index in [9.17, 15) is 4.79 Å². The smallest absolute Gasteiger partial charge is 0.303 e. The van der Waals surface area contributed by atoms with Crippen LogP contribution in [0.1, 0.15) is 12.3 Å². The number of aliphatic carboxylic acids is 1. The number of aryl methyl sites for hydroxylation is 1. The van der Waals surface area contributed by atoms with Gasteiger partial charge in [-0.2, -0.15) is 0 Å². The number of hydrogen-bond acceptors (Lipinski definition) is 4. The zero-order chi connectivity index (χ0) is 13.1. The van der Waals surface area contributed by atoms with Crippen LogP contribution in [0, 0.1) is 0 Å². The molecule has 0 radical (unpaired) electrons. The van der Waals surface area contributed by atoms with Crippen molar-refractivity contribution in [3.05, 3.63) is 33.6 Å². The molecule has 2 aromatic rings. The zero-order valence-electron chi connectivity index (χ0n) is 9.06. The molecule has 0 atom stereocenters. The van der Waals surface area contributed by atoms with Gasteiger partial charge in [-0.05, 0) is 34.1 Å². The molecule has 1 N–H and O–H groups in total. The molecule has 0 bridgehead atoms. The van der Waals surface area contributed by atoms with Gasteiger partial charge in [-0.3, -0.25) is 4.79 Å². The average molecular weight is 332 g/mol. The molecule has 0 aliphatic rings. The lowest BCUT2D eigenvalue weighted by Gasteiger charge is -1.99. The molecule has 7 heteroatoms. The first-order valence-electron chi connectivity index (χ1n) is 5.06. The van der Waals surface area contributed by atoms with E-state index >= 15 is 0 Å². The number of carbonyl (C=O) groups is 1. The third kappa shape index (κ3) is 3.08. The minimum atomic E-state index is -0.901. The normalized spacial score (nSPS) is 10.6. The van der Waals surface area contributed by atoms with Crippen LogP contribution in [0.15, 0.2) is 27.1 Å². The minimum absolute atomic E-state index is 0.0383. The van der Waals surface area contributed by atoms with Crippen molar-refractivity contribution in [2.45, 2.75) is 12.8 Å². The Balaban J connectivity index is 2.21. The van der Waals surface area contributed by atoms with E-state index in [1.807, 2.05) is 0 Å². The van der Waals surface area contributed by atoms with Crippen LogP contribution < -0.4 is 0 Å². The molecule has 2 rings (SSSR count). The summed E-state index contributed by atoms with van der Waals surface area (Å²) in [5.74, 6) is -0.268. The molecule has 1 aromatic carbocycles. The molecule has 0 fully saturated rings. The summed E-state index contributed by atoms with van der Waals surface area (Å²) in [6.07, 6.45) is 0.178. The van der Waals surface area contributed by atoms with Crippen LogP contribution in [0.3, 0.4) is 0 Å². The SMILES string of the molecule is O=C(O)CCc1nnc(-c2ccc(Cl)cc2Br)o1. The van der Waals surface area contributed by atoms with Crippen molar-refractivity contribution in [2.75, 3.05) is 0 Å². The molecular formula is C11H8BrClN2O3. The van der Waals surface area contributed by atoms with Crippen LogP contribution in [0.25, 0.3) is 11.5 Å². The Morgan fingerprint density at radius 2 is 2.22 bits per heavy atom. The van der Waals surface area contributed by atoms with E-state index in [0.717, 1.165) is 4.47 Å². The van der Waals surface area contributed by atoms with Crippen LogP contribution in [0.5, 0.6) is 0 Å². The Morgan fingerprint density at radius 1 is 1.44 bits per heavy atom. The second-order valence-corrected chi connectivity index (χ2v) is 4.81. The molecular weight excluding hydrogens is 323 g/mol. The maximum atomic E-state index is 10.4. The average Bonchev–Trinajstić information content (AvgIpc) is 2.75. The molecule has 18 heavy (non-hydrogen) atoms. The first-order valence-corrected chi connectivity index (χ1v) is 6.23. The highest BCUT2D eigenvalue weighted by atomic mass is 79.9. The highest BCUT2D eigenvalue weighted by molar-refractivity contribution is 9.10. The second-order valence-electron chi connectivity index (χ2n) is 3.52. The van der Waals surface area contributed by atoms with Gasteiger partial charge in [0, 0.05) is 15.9 Å². The predicted octanol–water partition coefficient (Wildman–Crippen LogP) is 3.17. The summed E-state index contributed by atoms with van der Waals surface area (Å²) in [6, 6.07) is 5.18. The maximum absolute atomic E-state index is 10.4. The van der Waals surface area contributed by atoms with Gasteiger partial charge in [0.2, 0.25) is 11.8 Å². The largest absolute Gasteiger partial charge is 0.481 e. The van der Waals surface area contributed by atoms with Gasteiger partial charge in [0.1, 0.15) is 0 Å². The molecule has 94 valence electrons. The fourth-order valence-electron chi connectivity index (χ4n) is 1.34. The lowest BCUT2D eigenvalue weighted by Crippen LogP contribution is -1.97. The lowest BCUT2D eigenvalue weighted by atomic mass is 10.2. The molecule has 1 aromatic heterocycles. The summed E-state index contributed by atoms with van der Waals surface area (Å²) in [7, 11) is 0. The number of carboxylic acid groups (broad SMARTS) is 1. The third-order valence-electron chi connectivity index (χ3n) is 2.18. The van der Waals surface area contributed by atoms with E-state index in [0.29, 0.717) is 22.4 Å². The standard InChI is InChI=1S/C11H8BrClN2O3/c12-8-5-6(13)1-2-7(8)11-15-14-9(18-11)3-4-10(16)17/h1-2,5H,3-4H2,(H,16,17). The van der Waals surface area contributed by atoms with Crippen molar-refractivity contribution in [1.82, 2.24) is 10.2 Å². The molecule has 5 nitrogen and oxygen atoms in total. The summed E-state index contributed by atoms with van der Waals surface area (Å²) in [5, 5.41) is 16.8. The van der Waals surface area contributed by atoms with Crippen LogP contribution in [0.2, 0.25) is 5.02 Å². The first-order chi connectivity index (χ1) is 8.56. The van der Waals surface area contributed by atoms with E-state index in [4.69, 9.17) is 21.1 Å². The van der Waals surface area contributed by atoms with Gasteiger partial charge >= 0.3 is 5.97 Å². The van der Waals surface area contributed by atoms with Gasteiger partial charge in [-0.25, -0.2) is 0 Å². The van der Waals surface area contributed by atoms with Gasteiger partial charge in [0.15, 0.2) is 0 Å².